The monoisotopic (exact) mass is 415 g/mol. The second-order valence-corrected chi connectivity index (χ2v) is 9.14. The molecule has 154 valence electrons. The van der Waals surface area contributed by atoms with Crippen molar-refractivity contribution in [3.63, 3.8) is 0 Å². The van der Waals surface area contributed by atoms with Crippen molar-refractivity contribution in [1.82, 2.24) is 24.6 Å². The van der Waals surface area contributed by atoms with Gasteiger partial charge in [-0.1, -0.05) is 12.1 Å². The van der Waals surface area contributed by atoms with Gasteiger partial charge in [0.05, 0.1) is 17.2 Å². The van der Waals surface area contributed by atoms with Crippen molar-refractivity contribution in [3.05, 3.63) is 36.7 Å². The van der Waals surface area contributed by atoms with E-state index in [1.807, 2.05) is 24.3 Å². The summed E-state index contributed by atoms with van der Waals surface area (Å²) < 4.78 is 29.8. The molecule has 1 aliphatic heterocycles. The predicted octanol–water partition coefficient (Wildman–Crippen LogP) is 1.69. The molecule has 9 nitrogen and oxygen atoms in total. The van der Waals surface area contributed by atoms with Gasteiger partial charge >= 0.3 is 0 Å². The van der Waals surface area contributed by atoms with Crippen LogP contribution in [0.15, 0.2) is 41.6 Å². The molecular formula is C19H25N7O2S. The summed E-state index contributed by atoms with van der Waals surface area (Å²) in [6.07, 6.45) is 2.77. The third-order valence-corrected chi connectivity index (χ3v) is 6.41. The fraction of sp³-hybridized carbons (Fsp3) is 0.421. The molecule has 1 N–H and O–H groups in total. The van der Waals surface area contributed by atoms with E-state index in [0.717, 1.165) is 31.7 Å². The molecule has 1 saturated heterocycles. The van der Waals surface area contributed by atoms with E-state index < -0.39 is 10.0 Å². The van der Waals surface area contributed by atoms with Crippen molar-refractivity contribution in [3.8, 4) is 0 Å². The Morgan fingerprint density at radius 1 is 1.03 bits per heavy atom. The summed E-state index contributed by atoms with van der Waals surface area (Å²) in [6, 6.07) is 7.94. The van der Waals surface area contributed by atoms with Crippen molar-refractivity contribution in [2.24, 2.45) is 7.05 Å². The maximum absolute atomic E-state index is 12.9. The summed E-state index contributed by atoms with van der Waals surface area (Å²) >= 11 is 0. The molecule has 0 saturated carbocycles. The van der Waals surface area contributed by atoms with E-state index >= 15 is 0 Å². The van der Waals surface area contributed by atoms with E-state index in [-0.39, 0.29) is 10.7 Å². The summed E-state index contributed by atoms with van der Waals surface area (Å²) in [5, 5.41) is 3.96. The molecule has 10 heteroatoms. The highest BCUT2D eigenvalue weighted by atomic mass is 32.2. The Labute approximate surface area is 170 Å². The van der Waals surface area contributed by atoms with Gasteiger partial charge in [0, 0.05) is 45.5 Å². The maximum Gasteiger partial charge on any atom is 0.266 e. The number of anilines is 2. The first-order valence-corrected chi connectivity index (χ1v) is 11.1. The van der Waals surface area contributed by atoms with Gasteiger partial charge in [-0.15, -0.1) is 0 Å². The number of fused-ring (bicyclic) bond motifs is 1. The topological polar surface area (TPSA) is 96.2 Å². The molecule has 0 atom stereocenters. The quantitative estimate of drug-likeness (QED) is 0.677. The van der Waals surface area contributed by atoms with Crippen LogP contribution >= 0.6 is 0 Å². The molecule has 1 fully saturated rings. The van der Waals surface area contributed by atoms with Crippen LogP contribution in [0.1, 0.15) is 13.8 Å². The van der Waals surface area contributed by atoms with Crippen molar-refractivity contribution >= 4 is 32.7 Å². The lowest BCUT2D eigenvalue weighted by molar-refractivity contribution is 0.209. The third kappa shape index (κ3) is 4.03. The van der Waals surface area contributed by atoms with E-state index in [4.69, 9.17) is 4.98 Å². The molecule has 0 amide bonds. The molecule has 4 rings (SSSR count). The Morgan fingerprint density at radius 3 is 2.28 bits per heavy atom. The number of para-hydroxylation sites is 2. The molecule has 0 spiro atoms. The van der Waals surface area contributed by atoms with Crippen LogP contribution in [0.2, 0.25) is 0 Å². The Balaban J connectivity index is 1.71. The van der Waals surface area contributed by atoms with Crippen LogP contribution in [0.3, 0.4) is 0 Å². The van der Waals surface area contributed by atoms with Crippen LogP contribution in [0.4, 0.5) is 11.6 Å². The molecule has 0 radical (unpaired) electrons. The average molecular weight is 416 g/mol. The van der Waals surface area contributed by atoms with Crippen molar-refractivity contribution < 1.29 is 8.42 Å². The van der Waals surface area contributed by atoms with E-state index in [1.165, 1.54) is 17.1 Å². The Morgan fingerprint density at radius 2 is 1.69 bits per heavy atom. The standard InChI is InChI=1S/C19H25N7O2S/c1-14(2)25-8-10-26(11-9-25)19-18(21-16-6-4-5-7-17(16)22-19)23-29(27,28)15-12-20-24(3)13-15/h4-7,12-14H,8-11H2,1-3H3,(H,21,23). The second kappa shape index (κ2) is 7.60. The highest BCUT2D eigenvalue weighted by Crippen LogP contribution is 2.28. The zero-order valence-corrected chi connectivity index (χ0v) is 17.6. The van der Waals surface area contributed by atoms with Crippen LogP contribution in [0.5, 0.6) is 0 Å². The summed E-state index contributed by atoms with van der Waals surface area (Å²) in [5.74, 6) is 0.796. The number of aryl methyl sites for hydroxylation is 1. The smallest absolute Gasteiger partial charge is 0.266 e. The first-order chi connectivity index (χ1) is 13.8. The number of aromatic nitrogens is 4. The fourth-order valence-corrected chi connectivity index (χ4v) is 4.44. The third-order valence-electron chi connectivity index (χ3n) is 5.12. The normalized spacial score (nSPS) is 15.9. The van der Waals surface area contributed by atoms with Crippen LogP contribution in [-0.4, -0.2) is 65.3 Å². The lowest BCUT2D eigenvalue weighted by atomic mass is 10.2. The first kappa shape index (κ1) is 19.6. The van der Waals surface area contributed by atoms with E-state index in [0.29, 0.717) is 17.4 Å². The van der Waals surface area contributed by atoms with E-state index in [9.17, 15) is 8.42 Å². The Kier molecular flexibility index (Phi) is 5.13. The molecular weight excluding hydrogens is 390 g/mol. The van der Waals surface area contributed by atoms with Crippen LogP contribution in [0.25, 0.3) is 11.0 Å². The van der Waals surface area contributed by atoms with Crippen LogP contribution in [0, 0.1) is 0 Å². The number of piperazine rings is 1. The minimum absolute atomic E-state index is 0.0885. The molecule has 1 aromatic carbocycles. The zero-order valence-electron chi connectivity index (χ0n) is 16.8. The largest absolute Gasteiger partial charge is 0.351 e. The van der Waals surface area contributed by atoms with Crippen LogP contribution < -0.4 is 9.62 Å². The maximum atomic E-state index is 12.9. The number of nitrogens with zero attached hydrogens (tertiary/aromatic N) is 6. The highest BCUT2D eigenvalue weighted by Gasteiger charge is 2.26. The van der Waals surface area contributed by atoms with Gasteiger partial charge in [-0.2, -0.15) is 5.10 Å². The summed E-state index contributed by atoms with van der Waals surface area (Å²) in [7, 11) is -2.14. The van der Waals surface area contributed by atoms with Gasteiger partial charge in [0.2, 0.25) is 0 Å². The fourth-order valence-electron chi connectivity index (χ4n) is 3.45. The molecule has 0 unspecified atom stereocenters. The predicted molar refractivity (Wildman–Crippen MR) is 112 cm³/mol. The number of sulfonamides is 1. The molecule has 1 aliphatic rings. The first-order valence-electron chi connectivity index (χ1n) is 9.61. The van der Waals surface area contributed by atoms with Gasteiger partial charge in [-0.05, 0) is 26.0 Å². The van der Waals surface area contributed by atoms with Crippen molar-refractivity contribution in [2.45, 2.75) is 24.8 Å². The number of rotatable bonds is 5. The minimum Gasteiger partial charge on any atom is -0.351 e. The molecule has 3 aromatic rings. The lowest BCUT2D eigenvalue weighted by Gasteiger charge is -2.37. The molecule has 2 aromatic heterocycles. The number of hydrogen-bond acceptors (Lipinski definition) is 7. The number of hydrogen-bond donors (Lipinski definition) is 1. The lowest BCUT2D eigenvalue weighted by Crippen LogP contribution is -2.49. The zero-order chi connectivity index (χ0) is 20.6. The number of benzene rings is 1. The van der Waals surface area contributed by atoms with Gasteiger partial charge in [0.1, 0.15) is 4.90 Å². The second-order valence-electron chi connectivity index (χ2n) is 7.46. The molecule has 0 aliphatic carbocycles. The number of nitrogens with one attached hydrogen (secondary N) is 1. The molecule has 0 bridgehead atoms. The van der Waals surface area contributed by atoms with Gasteiger partial charge in [-0.3, -0.25) is 14.3 Å². The van der Waals surface area contributed by atoms with Crippen molar-refractivity contribution in [1.29, 1.82) is 0 Å². The van der Waals surface area contributed by atoms with Crippen LogP contribution in [-0.2, 0) is 17.1 Å². The van der Waals surface area contributed by atoms with E-state index in [1.54, 1.807) is 7.05 Å². The SMILES string of the molecule is CC(C)N1CCN(c2nc3ccccc3nc2NS(=O)(=O)c2cnn(C)c2)CC1. The van der Waals surface area contributed by atoms with Gasteiger partial charge in [-0.25, -0.2) is 18.4 Å². The Bertz CT molecular complexity index is 1120. The summed E-state index contributed by atoms with van der Waals surface area (Å²) in [4.78, 5) is 13.9. The highest BCUT2D eigenvalue weighted by molar-refractivity contribution is 7.92. The van der Waals surface area contributed by atoms with Gasteiger partial charge in [0.15, 0.2) is 11.6 Å². The van der Waals surface area contributed by atoms with Crippen molar-refractivity contribution in [2.75, 3.05) is 35.8 Å². The average Bonchev–Trinajstić information content (AvgIpc) is 3.15. The van der Waals surface area contributed by atoms with Gasteiger partial charge < -0.3 is 4.90 Å². The molecule has 29 heavy (non-hydrogen) atoms. The molecule has 3 heterocycles. The van der Waals surface area contributed by atoms with Gasteiger partial charge in [0.25, 0.3) is 10.0 Å². The van der Waals surface area contributed by atoms with E-state index in [2.05, 4.69) is 38.5 Å². The summed E-state index contributed by atoms with van der Waals surface area (Å²) in [6.45, 7) is 7.65. The minimum atomic E-state index is -3.82. The summed E-state index contributed by atoms with van der Waals surface area (Å²) in [5.41, 5.74) is 1.37. The Hall–Kier alpha value is -2.72.